The zero-order valence-corrected chi connectivity index (χ0v) is 13.7. The molecule has 0 radical (unpaired) electrons. The van der Waals surface area contributed by atoms with Gasteiger partial charge in [-0.2, -0.15) is 0 Å². The number of fused-ring (bicyclic) bond motifs is 1. The molecule has 1 fully saturated rings. The van der Waals surface area contributed by atoms with Crippen LogP contribution in [0.2, 0.25) is 0 Å². The van der Waals surface area contributed by atoms with Crippen LogP contribution < -0.4 is 5.32 Å². The molecule has 2 atom stereocenters. The van der Waals surface area contributed by atoms with E-state index in [0.717, 1.165) is 13.2 Å². The Morgan fingerprint density at radius 1 is 1.45 bits per heavy atom. The van der Waals surface area contributed by atoms with E-state index < -0.39 is 0 Å². The van der Waals surface area contributed by atoms with E-state index in [1.54, 1.807) is 0 Å². The van der Waals surface area contributed by atoms with Gasteiger partial charge in [-0.1, -0.05) is 6.92 Å². The first-order valence-electron chi connectivity index (χ1n) is 7.68. The van der Waals surface area contributed by atoms with Crippen molar-refractivity contribution in [1.29, 1.82) is 0 Å². The Labute approximate surface area is 129 Å². The van der Waals surface area contributed by atoms with Crippen LogP contribution in [-0.2, 0) is 4.74 Å². The summed E-state index contributed by atoms with van der Waals surface area (Å²) in [5.41, 5.74) is 0. The molecule has 2 aromatic heterocycles. The third kappa shape index (κ3) is 3.42. The Morgan fingerprint density at radius 3 is 3.15 bits per heavy atom. The fourth-order valence-electron chi connectivity index (χ4n) is 2.84. The van der Waals surface area contributed by atoms with Crippen molar-refractivity contribution in [3.63, 3.8) is 0 Å². The van der Waals surface area contributed by atoms with Crippen molar-refractivity contribution in [2.24, 2.45) is 0 Å². The molecule has 3 heterocycles. The Morgan fingerprint density at radius 2 is 2.40 bits per heavy atom. The molecule has 4 heteroatoms. The summed E-state index contributed by atoms with van der Waals surface area (Å²) in [6.07, 6.45) is 6.57. The maximum atomic E-state index is 5.77. The number of hydrogen-bond acceptors (Lipinski definition) is 4. The van der Waals surface area contributed by atoms with Crippen molar-refractivity contribution in [1.82, 2.24) is 5.32 Å². The monoisotopic (exact) mass is 309 g/mol. The van der Waals surface area contributed by atoms with Crippen LogP contribution in [0.1, 0.15) is 49.9 Å². The molecule has 2 unspecified atom stereocenters. The summed E-state index contributed by atoms with van der Waals surface area (Å²) in [4.78, 5) is 1.50. The van der Waals surface area contributed by atoms with Crippen LogP contribution in [0.15, 0.2) is 17.5 Å². The lowest BCUT2D eigenvalue weighted by Gasteiger charge is -2.19. The first-order valence-corrected chi connectivity index (χ1v) is 9.38. The summed E-state index contributed by atoms with van der Waals surface area (Å²) >= 11 is 3.80. The van der Waals surface area contributed by atoms with Gasteiger partial charge in [-0.15, -0.1) is 22.7 Å². The Bertz CT molecular complexity index is 499. The molecule has 0 aliphatic carbocycles. The summed E-state index contributed by atoms with van der Waals surface area (Å²) in [6.45, 7) is 4.30. The molecule has 0 bridgehead atoms. The van der Waals surface area contributed by atoms with Crippen molar-refractivity contribution >= 4 is 32.1 Å². The van der Waals surface area contributed by atoms with Crippen LogP contribution >= 0.6 is 22.7 Å². The SMILES string of the molecule is CCCNC(CCC1CCCO1)c1cc2sccc2s1. The van der Waals surface area contributed by atoms with Crippen LogP contribution in [0.4, 0.5) is 0 Å². The largest absolute Gasteiger partial charge is 0.378 e. The lowest BCUT2D eigenvalue weighted by molar-refractivity contribution is 0.0997. The number of hydrogen-bond donors (Lipinski definition) is 1. The summed E-state index contributed by atoms with van der Waals surface area (Å²) in [7, 11) is 0. The molecule has 0 saturated carbocycles. The topological polar surface area (TPSA) is 21.3 Å². The highest BCUT2D eigenvalue weighted by Crippen LogP contribution is 2.35. The molecule has 0 spiro atoms. The Hall–Kier alpha value is -0.420. The third-order valence-electron chi connectivity index (χ3n) is 3.94. The molecule has 0 amide bonds. The Kier molecular flexibility index (Phi) is 5.10. The summed E-state index contributed by atoms with van der Waals surface area (Å²) in [6, 6.07) is 5.13. The highest BCUT2D eigenvalue weighted by atomic mass is 32.1. The van der Waals surface area contributed by atoms with Crippen LogP contribution in [0, 0.1) is 0 Å². The third-order valence-corrected chi connectivity index (χ3v) is 6.15. The summed E-state index contributed by atoms with van der Waals surface area (Å²) in [5, 5.41) is 5.91. The fourth-order valence-corrected chi connectivity index (χ4v) is 5.07. The molecule has 2 aromatic rings. The first kappa shape index (κ1) is 14.5. The van der Waals surface area contributed by atoms with Gasteiger partial charge in [-0.25, -0.2) is 0 Å². The second kappa shape index (κ2) is 7.03. The van der Waals surface area contributed by atoms with E-state index in [1.807, 2.05) is 22.7 Å². The highest BCUT2D eigenvalue weighted by molar-refractivity contribution is 7.26. The highest BCUT2D eigenvalue weighted by Gasteiger charge is 2.20. The maximum absolute atomic E-state index is 5.77. The van der Waals surface area contributed by atoms with Gasteiger partial charge < -0.3 is 10.1 Å². The van der Waals surface area contributed by atoms with Crippen LogP contribution in [0.3, 0.4) is 0 Å². The Balaban J connectivity index is 1.66. The zero-order chi connectivity index (χ0) is 13.8. The number of thiophene rings is 2. The van der Waals surface area contributed by atoms with Crippen LogP contribution in [0.5, 0.6) is 0 Å². The van der Waals surface area contributed by atoms with E-state index in [9.17, 15) is 0 Å². The van der Waals surface area contributed by atoms with E-state index >= 15 is 0 Å². The molecule has 1 aliphatic heterocycles. The van der Waals surface area contributed by atoms with Crippen molar-refractivity contribution in [3.05, 3.63) is 22.4 Å². The maximum Gasteiger partial charge on any atom is 0.0576 e. The normalized spacial score (nSPS) is 20.8. The van der Waals surface area contributed by atoms with Crippen molar-refractivity contribution < 1.29 is 4.74 Å². The molecule has 1 N–H and O–H groups in total. The second-order valence-electron chi connectivity index (χ2n) is 5.52. The van der Waals surface area contributed by atoms with E-state index in [4.69, 9.17) is 4.74 Å². The summed E-state index contributed by atoms with van der Waals surface area (Å²) < 4.78 is 8.64. The lowest BCUT2D eigenvalue weighted by Crippen LogP contribution is -2.22. The first-order chi connectivity index (χ1) is 9.86. The average Bonchev–Trinajstić information content (AvgIpc) is 3.15. The molecule has 2 nitrogen and oxygen atoms in total. The van der Waals surface area contributed by atoms with Gasteiger partial charge in [0.2, 0.25) is 0 Å². The smallest absolute Gasteiger partial charge is 0.0576 e. The number of nitrogens with one attached hydrogen (secondary N) is 1. The molecular weight excluding hydrogens is 286 g/mol. The van der Waals surface area contributed by atoms with Gasteiger partial charge in [0, 0.05) is 26.9 Å². The predicted octanol–water partition coefficient (Wildman–Crippen LogP) is 4.96. The van der Waals surface area contributed by atoms with Crippen molar-refractivity contribution in [2.75, 3.05) is 13.2 Å². The second-order valence-corrected chi connectivity index (χ2v) is 7.58. The molecule has 0 aromatic carbocycles. The van der Waals surface area contributed by atoms with E-state index in [2.05, 4.69) is 29.8 Å². The zero-order valence-electron chi connectivity index (χ0n) is 12.1. The van der Waals surface area contributed by atoms with Gasteiger partial charge >= 0.3 is 0 Å². The molecule has 110 valence electrons. The predicted molar refractivity (Wildman–Crippen MR) is 88.9 cm³/mol. The lowest BCUT2D eigenvalue weighted by atomic mass is 10.0. The van der Waals surface area contributed by atoms with Gasteiger partial charge in [0.05, 0.1) is 6.10 Å². The summed E-state index contributed by atoms with van der Waals surface area (Å²) in [5.74, 6) is 0. The minimum atomic E-state index is 0.502. The van der Waals surface area contributed by atoms with Crippen LogP contribution in [-0.4, -0.2) is 19.3 Å². The fraction of sp³-hybridized carbons (Fsp3) is 0.625. The minimum Gasteiger partial charge on any atom is -0.378 e. The quantitative estimate of drug-likeness (QED) is 0.780. The van der Waals surface area contributed by atoms with Crippen molar-refractivity contribution in [3.8, 4) is 0 Å². The number of ether oxygens (including phenoxy) is 1. The van der Waals surface area contributed by atoms with Gasteiger partial charge in [0.15, 0.2) is 0 Å². The molecule has 3 rings (SSSR count). The number of rotatable bonds is 7. The van der Waals surface area contributed by atoms with Gasteiger partial charge in [0.1, 0.15) is 0 Å². The molecule has 1 saturated heterocycles. The molecule has 20 heavy (non-hydrogen) atoms. The van der Waals surface area contributed by atoms with Gasteiger partial charge in [-0.05, 0) is 56.2 Å². The van der Waals surface area contributed by atoms with Gasteiger partial charge in [0.25, 0.3) is 0 Å². The van der Waals surface area contributed by atoms with Crippen LogP contribution in [0.25, 0.3) is 9.40 Å². The van der Waals surface area contributed by atoms with E-state index in [-0.39, 0.29) is 0 Å². The van der Waals surface area contributed by atoms with Gasteiger partial charge in [-0.3, -0.25) is 0 Å². The minimum absolute atomic E-state index is 0.502. The van der Waals surface area contributed by atoms with E-state index in [1.165, 1.54) is 46.4 Å². The van der Waals surface area contributed by atoms with Crippen molar-refractivity contribution in [2.45, 2.75) is 51.2 Å². The van der Waals surface area contributed by atoms with E-state index in [0.29, 0.717) is 12.1 Å². The average molecular weight is 310 g/mol. The molecule has 1 aliphatic rings. The molecular formula is C16H23NOS2. The standard InChI is InChI=1S/C16H23NOS2/c1-2-8-17-13(6-5-12-4-3-9-18-12)15-11-16-14(20-15)7-10-19-16/h7,10-13,17H,2-6,8-9H2,1H3.